The number of benzene rings is 1. The van der Waals surface area contributed by atoms with Crippen molar-refractivity contribution < 1.29 is 9.53 Å². The fourth-order valence-corrected chi connectivity index (χ4v) is 5.84. The number of aryl methyl sites for hydroxylation is 2. The molecule has 0 bridgehead atoms. The van der Waals surface area contributed by atoms with Gasteiger partial charge in [-0.25, -0.2) is 9.97 Å². The molecule has 0 saturated carbocycles. The summed E-state index contributed by atoms with van der Waals surface area (Å²) >= 11 is 2.73. The third-order valence-electron chi connectivity index (χ3n) is 5.81. The minimum atomic E-state index is -0.251. The Morgan fingerprint density at radius 3 is 2.78 bits per heavy atom. The third kappa shape index (κ3) is 3.96. The van der Waals surface area contributed by atoms with Gasteiger partial charge in [-0.1, -0.05) is 25.0 Å². The van der Waals surface area contributed by atoms with E-state index in [9.17, 15) is 4.79 Å². The van der Waals surface area contributed by atoms with Gasteiger partial charge in [0.1, 0.15) is 15.5 Å². The lowest BCUT2D eigenvalue weighted by atomic mass is 9.96. The molecule has 32 heavy (non-hydrogen) atoms. The summed E-state index contributed by atoms with van der Waals surface area (Å²) in [5.41, 5.74) is 11.0. The SMILES string of the molecule is COc1ccccc1-c1csc(NC(=O)c2sc3nc4c(cc3c2N)CCCCCC4)n1. The van der Waals surface area contributed by atoms with Crippen LogP contribution in [0.1, 0.15) is 46.6 Å². The molecule has 1 aromatic carbocycles. The number of nitrogens with one attached hydrogen (secondary N) is 1. The van der Waals surface area contributed by atoms with Crippen LogP contribution in [-0.2, 0) is 12.8 Å². The first-order valence-corrected chi connectivity index (χ1v) is 12.4. The summed E-state index contributed by atoms with van der Waals surface area (Å²) in [5.74, 6) is 0.491. The van der Waals surface area contributed by atoms with Gasteiger partial charge in [0.05, 0.1) is 18.5 Å². The van der Waals surface area contributed by atoms with Gasteiger partial charge in [0.2, 0.25) is 0 Å². The molecule has 0 aliphatic heterocycles. The molecule has 5 rings (SSSR count). The Hall–Kier alpha value is -2.97. The van der Waals surface area contributed by atoms with Crippen LogP contribution in [0.25, 0.3) is 21.5 Å². The Balaban J connectivity index is 1.42. The summed E-state index contributed by atoms with van der Waals surface area (Å²) < 4.78 is 5.42. The van der Waals surface area contributed by atoms with Crippen molar-refractivity contribution in [2.75, 3.05) is 18.2 Å². The Labute approximate surface area is 194 Å². The van der Waals surface area contributed by atoms with E-state index in [1.165, 1.54) is 47.5 Å². The van der Waals surface area contributed by atoms with E-state index < -0.39 is 0 Å². The first-order chi connectivity index (χ1) is 15.6. The van der Waals surface area contributed by atoms with Crippen LogP contribution in [0, 0.1) is 0 Å². The number of rotatable bonds is 4. The summed E-state index contributed by atoms with van der Waals surface area (Å²) in [6.07, 6.45) is 6.88. The number of methoxy groups -OCH3 is 1. The highest BCUT2D eigenvalue weighted by Gasteiger charge is 2.21. The van der Waals surface area contributed by atoms with Crippen molar-refractivity contribution in [2.24, 2.45) is 0 Å². The van der Waals surface area contributed by atoms with E-state index in [0.29, 0.717) is 15.7 Å². The van der Waals surface area contributed by atoms with E-state index in [0.717, 1.165) is 52.2 Å². The monoisotopic (exact) mass is 464 g/mol. The van der Waals surface area contributed by atoms with Crippen LogP contribution in [-0.4, -0.2) is 23.0 Å². The fraction of sp³-hybridized carbons (Fsp3) is 0.292. The standard InChI is InChI=1S/C24H24N4O2S2/c1-30-19-11-7-6-9-15(19)18-13-31-24(27-18)28-22(29)21-20(25)16-12-14-8-4-2-3-5-10-17(14)26-23(16)32-21/h6-7,9,11-13H,2-5,8,10,25H2,1H3,(H,27,28,29). The van der Waals surface area contributed by atoms with Crippen LogP contribution in [0.2, 0.25) is 0 Å². The highest BCUT2D eigenvalue weighted by Crippen LogP contribution is 2.36. The number of nitrogens with zero attached hydrogens (tertiary/aromatic N) is 2. The maximum atomic E-state index is 13.0. The van der Waals surface area contributed by atoms with E-state index in [4.69, 9.17) is 15.5 Å². The zero-order chi connectivity index (χ0) is 22.1. The molecule has 0 fully saturated rings. The maximum absolute atomic E-state index is 13.0. The van der Waals surface area contributed by atoms with Crippen LogP contribution in [0.3, 0.4) is 0 Å². The molecule has 6 nitrogen and oxygen atoms in total. The summed E-state index contributed by atoms with van der Waals surface area (Å²) in [7, 11) is 1.63. The van der Waals surface area contributed by atoms with Crippen molar-refractivity contribution in [3.8, 4) is 17.0 Å². The summed E-state index contributed by atoms with van der Waals surface area (Å²) in [6, 6.07) is 9.83. The molecule has 8 heteroatoms. The number of fused-ring (bicyclic) bond motifs is 2. The van der Waals surface area contributed by atoms with Crippen molar-refractivity contribution in [1.82, 2.24) is 9.97 Å². The Bertz CT molecular complexity index is 1290. The zero-order valence-corrected chi connectivity index (χ0v) is 19.4. The molecule has 3 N–H and O–H groups in total. The molecule has 0 atom stereocenters. The average molecular weight is 465 g/mol. The number of ether oxygens (including phenoxy) is 1. The number of anilines is 2. The van der Waals surface area contributed by atoms with Gasteiger partial charge in [-0.2, -0.15) is 0 Å². The molecule has 3 heterocycles. The number of aromatic nitrogens is 2. The molecule has 0 unspecified atom stereocenters. The largest absolute Gasteiger partial charge is 0.496 e. The number of pyridine rings is 1. The Morgan fingerprint density at radius 1 is 1.12 bits per heavy atom. The van der Waals surface area contributed by atoms with Crippen LogP contribution in [0.4, 0.5) is 10.8 Å². The fourth-order valence-electron chi connectivity index (χ4n) is 4.15. The number of thiazole rings is 1. The van der Waals surface area contributed by atoms with Gasteiger partial charge in [0.15, 0.2) is 5.13 Å². The average Bonchev–Trinajstić information content (AvgIpc) is 3.38. The number of nitrogen functional groups attached to an aromatic ring is 1. The van der Waals surface area contributed by atoms with Crippen molar-refractivity contribution in [3.05, 3.63) is 51.8 Å². The normalized spacial score (nSPS) is 13.9. The van der Waals surface area contributed by atoms with Crippen molar-refractivity contribution in [3.63, 3.8) is 0 Å². The van der Waals surface area contributed by atoms with E-state index in [1.54, 1.807) is 7.11 Å². The zero-order valence-electron chi connectivity index (χ0n) is 17.8. The lowest BCUT2D eigenvalue weighted by Crippen LogP contribution is -2.11. The molecule has 0 spiro atoms. The number of hydrogen-bond acceptors (Lipinski definition) is 7. The highest BCUT2D eigenvalue weighted by atomic mass is 32.1. The molecular weight excluding hydrogens is 440 g/mol. The van der Waals surface area contributed by atoms with Crippen LogP contribution in [0.5, 0.6) is 5.75 Å². The van der Waals surface area contributed by atoms with Gasteiger partial charge in [-0.15, -0.1) is 22.7 Å². The lowest BCUT2D eigenvalue weighted by molar-refractivity contribution is 0.103. The molecule has 1 amide bonds. The number of para-hydroxylation sites is 1. The summed E-state index contributed by atoms with van der Waals surface area (Å²) in [6.45, 7) is 0. The van der Waals surface area contributed by atoms with Gasteiger partial charge >= 0.3 is 0 Å². The van der Waals surface area contributed by atoms with Gasteiger partial charge in [-0.3, -0.25) is 10.1 Å². The molecule has 164 valence electrons. The highest BCUT2D eigenvalue weighted by molar-refractivity contribution is 7.21. The Kier molecular flexibility index (Phi) is 5.80. The predicted octanol–water partition coefficient (Wildman–Crippen LogP) is 5.92. The van der Waals surface area contributed by atoms with Gasteiger partial charge in [-0.05, 0) is 49.4 Å². The molecule has 1 aliphatic rings. The number of thiophene rings is 1. The van der Waals surface area contributed by atoms with Gasteiger partial charge in [0.25, 0.3) is 5.91 Å². The van der Waals surface area contributed by atoms with Gasteiger partial charge in [0, 0.05) is 22.0 Å². The molecule has 0 saturated heterocycles. The number of nitrogens with two attached hydrogens (primary N) is 1. The van der Waals surface area contributed by atoms with Crippen molar-refractivity contribution in [1.29, 1.82) is 0 Å². The first-order valence-electron chi connectivity index (χ1n) is 10.7. The second-order valence-corrected chi connectivity index (χ2v) is 9.76. The molecule has 3 aromatic heterocycles. The molecule has 0 radical (unpaired) electrons. The third-order valence-corrected chi connectivity index (χ3v) is 7.68. The van der Waals surface area contributed by atoms with Crippen molar-refractivity contribution in [2.45, 2.75) is 38.5 Å². The van der Waals surface area contributed by atoms with Crippen LogP contribution < -0.4 is 15.8 Å². The quantitative estimate of drug-likeness (QED) is 0.391. The second kappa shape index (κ2) is 8.88. The van der Waals surface area contributed by atoms with E-state index in [1.807, 2.05) is 29.6 Å². The van der Waals surface area contributed by atoms with E-state index >= 15 is 0 Å². The lowest BCUT2D eigenvalue weighted by Gasteiger charge is -2.12. The van der Waals surface area contributed by atoms with Gasteiger partial charge < -0.3 is 10.5 Å². The molecule has 4 aromatic rings. The van der Waals surface area contributed by atoms with Crippen LogP contribution in [0.15, 0.2) is 35.7 Å². The number of amides is 1. The summed E-state index contributed by atoms with van der Waals surface area (Å²) in [4.78, 5) is 23.8. The molecular formula is C24H24N4O2S2. The van der Waals surface area contributed by atoms with E-state index in [2.05, 4.69) is 16.4 Å². The Morgan fingerprint density at radius 2 is 1.94 bits per heavy atom. The number of carbonyl (C=O) groups is 1. The first kappa shape index (κ1) is 20.9. The maximum Gasteiger partial charge on any atom is 0.269 e. The minimum Gasteiger partial charge on any atom is -0.496 e. The minimum absolute atomic E-state index is 0.251. The predicted molar refractivity (Wildman–Crippen MR) is 132 cm³/mol. The summed E-state index contributed by atoms with van der Waals surface area (Å²) in [5, 5.41) is 6.22. The second-order valence-electron chi connectivity index (χ2n) is 7.90. The van der Waals surface area contributed by atoms with Crippen molar-refractivity contribution >= 4 is 49.6 Å². The number of hydrogen-bond donors (Lipinski definition) is 2. The van der Waals surface area contributed by atoms with Crippen LogP contribution >= 0.6 is 22.7 Å². The molecule has 1 aliphatic carbocycles. The number of carbonyl (C=O) groups excluding carboxylic acids is 1. The smallest absolute Gasteiger partial charge is 0.269 e. The topological polar surface area (TPSA) is 90.1 Å². The van der Waals surface area contributed by atoms with E-state index in [-0.39, 0.29) is 5.91 Å².